The first-order valence-corrected chi connectivity index (χ1v) is 18.1. The molecule has 0 aromatic heterocycles. The smallest absolute Gasteiger partial charge is 0.335 e. The van der Waals surface area contributed by atoms with Crippen LogP contribution in [0.1, 0.15) is 129 Å². The van der Waals surface area contributed by atoms with Crippen molar-refractivity contribution < 1.29 is 14.7 Å². The highest BCUT2D eigenvalue weighted by atomic mass is 16.4. The second-order valence-corrected chi connectivity index (χ2v) is 18.4. The van der Waals surface area contributed by atoms with Crippen LogP contribution in [0, 0.1) is 56.7 Å². The minimum atomic E-state index is -0.876. The average Bonchev–Trinajstić information content (AvgIpc) is 3.37. The van der Waals surface area contributed by atoms with Crippen molar-refractivity contribution in [3.05, 3.63) is 53.6 Å². The molecule has 0 spiro atoms. The van der Waals surface area contributed by atoms with Crippen molar-refractivity contribution >= 4 is 17.4 Å². The predicted molar refractivity (Wildman–Crippen MR) is 187 cm³/mol. The molecule has 0 heterocycles. The standard InChI is InChI=1S/C41H60N2O3/c1-25(2)28-16-21-41(35(46)43-24-36(3,4)42)23-22-39(8)30(33(28)41)14-15-32-38(7)19-17-29(26-10-12-27(13-11-26)34(44)45)37(5,6)31(38)18-20-40(32,39)9/h10-13,17,28,30-33H,1,14-16,18-24,42H2,2-9H3,(H,43,46)(H,44,45)/t28-,30?,31?,32?,33?,38-,39+,40+,41-/m0/s1. The fraction of sp³-hybridized carbons (Fsp3) is 0.707. The van der Waals surface area contributed by atoms with Crippen molar-refractivity contribution in [1.82, 2.24) is 5.32 Å². The van der Waals surface area contributed by atoms with E-state index in [4.69, 9.17) is 5.73 Å². The second kappa shape index (κ2) is 10.8. The number of nitrogens with two attached hydrogens (primary N) is 1. The van der Waals surface area contributed by atoms with Crippen LogP contribution in [0.2, 0.25) is 0 Å². The number of rotatable bonds is 6. The molecule has 4 unspecified atom stereocenters. The molecule has 0 aliphatic heterocycles. The fourth-order valence-electron chi connectivity index (χ4n) is 12.9. The number of carboxylic acids is 1. The molecule has 1 amide bonds. The molecule has 6 rings (SSSR count). The van der Waals surface area contributed by atoms with E-state index >= 15 is 0 Å². The maximum atomic E-state index is 14.2. The van der Waals surface area contributed by atoms with Crippen molar-refractivity contribution in [2.75, 3.05) is 6.54 Å². The van der Waals surface area contributed by atoms with Gasteiger partial charge in [0.1, 0.15) is 0 Å². The van der Waals surface area contributed by atoms with E-state index in [0.29, 0.717) is 41.7 Å². The van der Waals surface area contributed by atoms with Gasteiger partial charge in [0.05, 0.1) is 11.0 Å². The molecule has 1 aromatic rings. The molecule has 5 aliphatic rings. The van der Waals surface area contributed by atoms with Crippen molar-refractivity contribution in [3.63, 3.8) is 0 Å². The van der Waals surface area contributed by atoms with Gasteiger partial charge < -0.3 is 16.2 Å². The molecule has 4 fully saturated rings. The fourth-order valence-corrected chi connectivity index (χ4v) is 12.9. The Bertz CT molecular complexity index is 1450. The molecule has 1 aromatic carbocycles. The number of carboxylic acid groups (broad SMARTS) is 1. The first-order valence-electron chi connectivity index (χ1n) is 18.1. The zero-order valence-electron chi connectivity index (χ0n) is 29.9. The number of carbonyl (C=O) groups is 2. The van der Waals surface area contributed by atoms with Gasteiger partial charge in [-0.1, -0.05) is 65.0 Å². The Morgan fingerprint density at radius 2 is 1.61 bits per heavy atom. The molecule has 0 radical (unpaired) electrons. The van der Waals surface area contributed by atoms with Gasteiger partial charge in [-0.15, -0.1) is 0 Å². The zero-order chi connectivity index (χ0) is 33.7. The van der Waals surface area contributed by atoms with E-state index in [0.717, 1.165) is 37.7 Å². The third-order valence-electron chi connectivity index (χ3n) is 15.2. The third-order valence-corrected chi connectivity index (χ3v) is 15.2. The highest BCUT2D eigenvalue weighted by molar-refractivity contribution is 5.88. The summed E-state index contributed by atoms with van der Waals surface area (Å²) in [7, 11) is 0. The van der Waals surface area contributed by atoms with Gasteiger partial charge >= 0.3 is 5.97 Å². The topological polar surface area (TPSA) is 92.4 Å². The molecule has 9 atom stereocenters. The second-order valence-electron chi connectivity index (χ2n) is 18.4. The quantitative estimate of drug-likeness (QED) is 0.274. The summed E-state index contributed by atoms with van der Waals surface area (Å²) in [5.41, 5.74) is 10.3. The molecular weight excluding hydrogens is 568 g/mol. The van der Waals surface area contributed by atoms with E-state index in [9.17, 15) is 14.7 Å². The number of allylic oxidation sites excluding steroid dienone is 3. The molecule has 5 nitrogen and oxygen atoms in total. The molecule has 0 saturated heterocycles. The SMILES string of the molecule is C=C(C)[C@@H]1CC[C@]2(C(=O)NCC(C)(C)N)CC[C@]3(C)C(CCC4[C@@]5(C)CC=C(c6ccc(C(=O)O)cc6)C(C)(C)C5CC[C@]43C)C12. The van der Waals surface area contributed by atoms with E-state index in [-0.39, 0.29) is 33.0 Å². The molecule has 252 valence electrons. The highest BCUT2D eigenvalue weighted by Gasteiger charge is 2.71. The summed E-state index contributed by atoms with van der Waals surface area (Å²) >= 11 is 0. The van der Waals surface area contributed by atoms with Gasteiger partial charge in [-0.05, 0) is 153 Å². The summed E-state index contributed by atoms with van der Waals surface area (Å²) in [4.78, 5) is 25.8. The first kappa shape index (κ1) is 33.5. The Balaban J connectivity index is 1.34. The lowest BCUT2D eigenvalue weighted by Gasteiger charge is -2.72. The maximum absolute atomic E-state index is 14.2. The molecule has 4 saturated carbocycles. The minimum Gasteiger partial charge on any atom is -0.478 e. The number of hydrogen-bond acceptors (Lipinski definition) is 3. The van der Waals surface area contributed by atoms with Crippen LogP contribution in [0.5, 0.6) is 0 Å². The van der Waals surface area contributed by atoms with Gasteiger partial charge in [0.15, 0.2) is 0 Å². The number of amides is 1. The van der Waals surface area contributed by atoms with Gasteiger partial charge in [-0.3, -0.25) is 4.79 Å². The first-order chi connectivity index (χ1) is 21.3. The maximum Gasteiger partial charge on any atom is 0.335 e. The van der Waals surface area contributed by atoms with Crippen molar-refractivity contribution in [3.8, 4) is 0 Å². The summed E-state index contributed by atoms with van der Waals surface area (Å²) in [5, 5.41) is 12.8. The zero-order valence-corrected chi connectivity index (χ0v) is 29.9. The number of benzene rings is 1. The van der Waals surface area contributed by atoms with E-state index in [2.05, 4.69) is 59.5 Å². The Hall–Kier alpha value is -2.40. The molecule has 4 N–H and O–H groups in total. The molecule has 0 bridgehead atoms. The van der Waals surface area contributed by atoms with Crippen LogP contribution >= 0.6 is 0 Å². The van der Waals surface area contributed by atoms with Crippen LogP contribution in [-0.2, 0) is 4.79 Å². The van der Waals surface area contributed by atoms with Crippen LogP contribution in [-0.4, -0.2) is 29.1 Å². The predicted octanol–water partition coefficient (Wildman–Crippen LogP) is 8.89. The van der Waals surface area contributed by atoms with Gasteiger partial charge in [0.25, 0.3) is 0 Å². The Kier molecular flexibility index (Phi) is 7.87. The summed E-state index contributed by atoms with van der Waals surface area (Å²) in [5.74, 6) is 1.80. The van der Waals surface area contributed by atoms with Gasteiger partial charge in [0.2, 0.25) is 5.91 Å². The van der Waals surface area contributed by atoms with E-state index < -0.39 is 11.5 Å². The summed E-state index contributed by atoms with van der Waals surface area (Å²) in [6, 6.07) is 7.53. The number of aromatic carboxylic acids is 1. The molecule has 5 aliphatic carbocycles. The van der Waals surface area contributed by atoms with Crippen LogP contribution in [0.25, 0.3) is 5.57 Å². The highest BCUT2D eigenvalue weighted by Crippen LogP contribution is 2.77. The summed E-state index contributed by atoms with van der Waals surface area (Å²) in [6.07, 6.45) is 12.5. The lowest BCUT2D eigenvalue weighted by molar-refractivity contribution is -0.225. The van der Waals surface area contributed by atoms with Crippen LogP contribution in [0.3, 0.4) is 0 Å². The third kappa shape index (κ3) is 4.71. The lowest BCUT2D eigenvalue weighted by atomic mass is 9.32. The normalized spacial score (nSPS) is 41.2. The number of fused-ring (bicyclic) bond motifs is 7. The number of hydrogen-bond donors (Lipinski definition) is 3. The Morgan fingerprint density at radius 3 is 2.22 bits per heavy atom. The van der Waals surface area contributed by atoms with E-state index in [1.807, 2.05) is 26.0 Å². The largest absolute Gasteiger partial charge is 0.478 e. The molecule has 46 heavy (non-hydrogen) atoms. The molecular formula is C41H60N2O3. The molecule has 5 heteroatoms. The van der Waals surface area contributed by atoms with Crippen molar-refractivity contribution in [2.24, 2.45) is 62.4 Å². The van der Waals surface area contributed by atoms with Crippen molar-refractivity contribution in [1.29, 1.82) is 0 Å². The van der Waals surface area contributed by atoms with Crippen molar-refractivity contribution in [2.45, 2.75) is 119 Å². The number of nitrogens with one attached hydrogen (secondary N) is 1. The van der Waals surface area contributed by atoms with Crippen LogP contribution < -0.4 is 11.1 Å². The number of carbonyl (C=O) groups excluding carboxylic acids is 1. The Morgan fingerprint density at radius 1 is 0.935 bits per heavy atom. The van der Waals surface area contributed by atoms with E-state index in [1.54, 1.807) is 12.1 Å². The van der Waals surface area contributed by atoms with Crippen LogP contribution in [0.4, 0.5) is 0 Å². The van der Waals surface area contributed by atoms with Crippen LogP contribution in [0.15, 0.2) is 42.5 Å². The Labute approximate surface area is 278 Å². The average molecular weight is 629 g/mol. The van der Waals surface area contributed by atoms with Gasteiger partial charge in [0, 0.05) is 12.1 Å². The van der Waals surface area contributed by atoms with Gasteiger partial charge in [-0.2, -0.15) is 0 Å². The minimum absolute atomic E-state index is 0.0100. The lowest BCUT2D eigenvalue weighted by Crippen LogP contribution is -2.66. The summed E-state index contributed by atoms with van der Waals surface area (Å²) in [6.45, 7) is 24.0. The van der Waals surface area contributed by atoms with Gasteiger partial charge in [-0.25, -0.2) is 4.79 Å². The van der Waals surface area contributed by atoms with E-state index in [1.165, 1.54) is 36.8 Å². The summed E-state index contributed by atoms with van der Waals surface area (Å²) < 4.78 is 0. The monoisotopic (exact) mass is 628 g/mol.